The fraction of sp³-hybridized carbons (Fsp3) is 0.500. The van der Waals surface area contributed by atoms with Gasteiger partial charge in [0.1, 0.15) is 5.60 Å². The molecular weight excluding hydrogens is 289 g/mol. The van der Waals surface area contributed by atoms with Crippen LogP contribution in [0.5, 0.6) is 11.5 Å². The fourth-order valence-corrected chi connectivity index (χ4v) is 2.22. The number of carboxylic acid groups (broad SMARTS) is 1. The average Bonchev–Trinajstić information content (AvgIpc) is 2.61. The highest BCUT2D eigenvalue weighted by atomic mass is 19.4. The average molecular weight is 304 g/mol. The van der Waals surface area contributed by atoms with Crippen molar-refractivity contribution in [1.29, 1.82) is 0 Å². The molecule has 4 nitrogen and oxygen atoms in total. The summed E-state index contributed by atoms with van der Waals surface area (Å²) in [6, 6.07) is 4.66. The molecule has 0 aromatic heterocycles. The normalized spacial score (nSPS) is 17.8. The van der Waals surface area contributed by atoms with E-state index in [-0.39, 0.29) is 11.5 Å². The molecule has 1 heterocycles. The van der Waals surface area contributed by atoms with Gasteiger partial charge in [-0.1, -0.05) is 12.1 Å². The van der Waals surface area contributed by atoms with E-state index in [0.29, 0.717) is 6.42 Å². The van der Waals surface area contributed by atoms with Gasteiger partial charge in [-0.05, 0) is 19.9 Å². The summed E-state index contributed by atoms with van der Waals surface area (Å²) in [5, 5.41) is 8.59. The van der Waals surface area contributed by atoms with Crippen LogP contribution < -0.4 is 9.47 Å². The number of fused-ring (bicyclic) bond motifs is 1. The third-order valence-corrected chi connectivity index (χ3v) is 3.05. The first-order valence-electron chi connectivity index (χ1n) is 6.34. The minimum atomic E-state index is -4.77. The number of para-hydroxylation sites is 1. The Morgan fingerprint density at radius 1 is 1.48 bits per heavy atom. The second-order valence-electron chi connectivity index (χ2n) is 5.53. The van der Waals surface area contributed by atoms with Gasteiger partial charge < -0.3 is 14.6 Å². The van der Waals surface area contributed by atoms with Crippen LogP contribution in [0.4, 0.5) is 13.2 Å². The lowest BCUT2D eigenvalue weighted by Crippen LogP contribution is -2.36. The lowest BCUT2D eigenvalue weighted by molar-refractivity contribution is -0.200. The maximum atomic E-state index is 12.8. The van der Waals surface area contributed by atoms with Crippen LogP contribution in [0, 0.1) is 0 Å². The van der Waals surface area contributed by atoms with E-state index >= 15 is 0 Å². The van der Waals surface area contributed by atoms with Crippen LogP contribution >= 0.6 is 0 Å². The Labute approximate surface area is 119 Å². The van der Waals surface area contributed by atoms with Crippen LogP contribution in [-0.2, 0) is 11.2 Å². The minimum absolute atomic E-state index is 0.0818. The maximum absolute atomic E-state index is 12.8. The van der Waals surface area contributed by atoms with E-state index < -0.39 is 30.3 Å². The van der Waals surface area contributed by atoms with Crippen molar-refractivity contribution >= 4 is 5.97 Å². The Kier molecular flexibility index (Phi) is 3.78. The molecule has 1 atom stereocenters. The van der Waals surface area contributed by atoms with E-state index in [9.17, 15) is 18.0 Å². The van der Waals surface area contributed by atoms with E-state index in [4.69, 9.17) is 14.6 Å². The van der Waals surface area contributed by atoms with Crippen LogP contribution in [0.3, 0.4) is 0 Å². The molecule has 0 saturated carbocycles. The molecule has 0 aliphatic carbocycles. The summed E-state index contributed by atoms with van der Waals surface area (Å²) in [6.07, 6.45) is -7.78. The van der Waals surface area contributed by atoms with E-state index in [2.05, 4.69) is 0 Å². The van der Waals surface area contributed by atoms with Crippen molar-refractivity contribution in [3.63, 3.8) is 0 Å². The first kappa shape index (κ1) is 15.5. The van der Waals surface area contributed by atoms with Gasteiger partial charge in [0.05, 0.1) is 6.42 Å². The molecule has 0 amide bonds. The summed E-state index contributed by atoms with van der Waals surface area (Å²) in [5.41, 5.74) is 0.219. The van der Waals surface area contributed by atoms with Crippen molar-refractivity contribution in [1.82, 2.24) is 0 Å². The van der Waals surface area contributed by atoms with Crippen molar-refractivity contribution in [3.8, 4) is 11.5 Å². The second kappa shape index (κ2) is 5.13. The van der Waals surface area contributed by atoms with Crippen molar-refractivity contribution in [2.75, 3.05) is 0 Å². The van der Waals surface area contributed by atoms with Crippen LogP contribution in [0.25, 0.3) is 0 Å². The molecule has 21 heavy (non-hydrogen) atoms. The van der Waals surface area contributed by atoms with Gasteiger partial charge >= 0.3 is 12.1 Å². The summed E-state index contributed by atoms with van der Waals surface area (Å²) >= 11 is 0. The van der Waals surface area contributed by atoms with E-state index in [0.717, 1.165) is 5.56 Å². The molecule has 1 aliphatic heterocycles. The number of rotatable bonds is 4. The van der Waals surface area contributed by atoms with Crippen LogP contribution in [0.1, 0.15) is 25.8 Å². The fourth-order valence-electron chi connectivity index (χ4n) is 2.22. The quantitative estimate of drug-likeness (QED) is 0.928. The SMILES string of the molecule is CC1(C)Cc2cccc(OC(CC(=O)O)C(F)(F)F)c2O1. The predicted molar refractivity (Wildman–Crippen MR) is 67.6 cm³/mol. The zero-order valence-corrected chi connectivity index (χ0v) is 11.5. The van der Waals surface area contributed by atoms with Gasteiger partial charge in [0, 0.05) is 12.0 Å². The number of halogens is 3. The molecule has 0 bridgehead atoms. The molecule has 1 aromatic rings. The Balaban J connectivity index is 2.27. The van der Waals surface area contributed by atoms with Gasteiger partial charge in [-0.3, -0.25) is 4.79 Å². The molecular formula is C14H15F3O4. The molecule has 0 spiro atoms. The number of carboxylic acids is 1. The van der Waals surface area contributed by atoms with Crippen LogP contribution in [0.15, 0.2) is 18.2 Å². The van der Waals surface area contributed by atoms with Crippen molar-refractivity contribution in [2.45, 2.75) is 44.6 Å². The zero-order valence-electron chi connectivity index (χ0n) is 11.5. The number of benzene rings is 1. The van der Waals surface area contributed by atoms with Gasteiger partial charge in [-0.2, -0.15) is 13.2 Å². The van der Waals surface area contributed by atoms with Crippen LogP contribution in [-0.4, -0.2) is 29.0 Å². The molecule has 1 unspecified atom stereocenters. The molecule has 1 aliphatic rings. The standard InChI is InChI=1S/C14H15F3O4/c1-13(2)7-8-4-3-5-9(12(8)21-13)20-10(6-11(18)19)14(15,16)17/h3-5,10H,6-7H2,1-2H3,(H,18,19). The number of alkyl halides is 3. The van der Waals surface area contributed by atoms with Gasteiger partial charge in [0.15, 0.2) is 11.5 Å². The molecule has 1 aromatic carbocycles. The molecule has 1 N–H and O–H groups in total. The van der Waals surface area contributed by atoms with Gasteiger partial charge in [-0.25, -0.2) is 0 Å². The third-order valence-electron chi connectivity index (χ3n) is 3.05. The van der Waals surface area contributed by atoms with Gasteiger partial charge in [0.25, 0.3) is 0 Å². The molecule has 0 radical (unpaired) electrons. The number of hydrogen-bond acceptors (Lipinski definition) is 3. The first-order valence-corrected chi connectivity index (χ1v) is 6.34. The summed E-state index contributed by atoms with van der Waals surface area (Å²) < 4.78 is 49.0. The molecule has 0 fully saturated rings. The molecule has 7 heteroatoms. The number of ether oxygens (including phenoxy) is 2. The molecule has 116 valence electrons. The molecule has 2 rings (SSSR count). The highest BCUT2D eigenvalue weighted by Crippen LogP contribution is 2.43. The Hall–Kier alpha value is -1.92. The summed E-state index contributed by atoms with van der Waals surface area (Å²) in [4.78, 5) is 10.6. The lowest BCUT2D eigenvalue weighted by atomic mass is 10.0. The third kappa shape index (κ3) is 3.59. The van der Waals surface area contributed by atoms with E-state index in [1.54, 1.807) is 12.1 Å². The first-order chi connectivity index (χ1) is 9.58. The number of hydrogen-bond donors (Lipinski definition) is 1. The summed E-state index contributed by atoms with van der Waals surface area (Å²) in [6.45, 7) is 3.63. The Bertz CT molecular complexity index is 552. The second-order valence-corrected chi connectivity index (χ2v) is 5.53. The van der Waals surface area contributed by atoms with Gasteiger partial charge in [-0.15, -0.1) is 0 Å². The highest BCUT2D eigenvalue weighted by molar-refractivity contribution is 5.67. The number of aliphatic carboxylic acids is 1. The minimum Gasteiger partial charge on any atom is -0.483 e. The maximum Gasteiger partial charge on any atom is 0.426 e. The summed E-state index contributed by atoms with van der Waals surface area (Å²) in [5.74, 6) is -1.41. The predicted octanol–water partition coefficient (Wildman–Crippen LogP) is 3.18. The van der Waals surface area contributed by atoms with Crippen molar-refractivity contribution in [3.05, 3.63) is 23.8 Å². The Morgan fingerprint density at radius 2 is 2.14 bits per heavy atom. The highest BCUT2D eigenvalue weighted by Gasteiger charge is 2.44. The zero-order chi connectivity index (χ0) is 15.8. The largest absolute Gasteiger partial charge is 0.483 e. The molecule has 0 saturated heterocycles. The lowest BCUT2D eigenvalue weighted by Gasteiger charge is -2.22. The van der Waals surface area contributed by atoms with Crippen LogP contribution in [0.2, 0.25) is 0 Å². The van der Waals surface area contributed by atoms with Crippen molar-refractivity contribution in [2.24, 2.45) is 0 Å². The van der Waals surface area contributed by atoms with E-state index in [1.807, 2.05) is 13.8 Å². The monoisotopic (exact) mass is 304 g/mol. The summed E-state index contributed by atoms with van der Waals surface area (Å²) in [7, 11) is 0. The van der Waals surface area contributed by atoms with Crippen molar-refractivity contribution < 1.29 is 32.5 Å². The smallest absolute Gasteiger partial charge is 0.426 e. The van der Waals surface area contributed by atoms with Gasteiger partial charge in [0.2, 0.25) is 6.10 Å². The topological polar surface area (TPSA) is 55.8 Å². The Morgan fingerprint density at radius 3 is 2.71 bits per heavy atom. The number of carbonyl (C=O) groups is 1. The van der Waals surface area contributed by atoms with E-state index in [1.165, 1.54) is 6.07 Å².